The van der Waals surface area contributed by atoms with E-state index >= 15 is 0 Å². The predicted molar refractivity (Wildman–Crippen MR) is 96.4 cm³/mol. The average Bonchev–Trinajstić information content (AvgIpc) is 2.50. The zero-order valence-corrected chi connectivity index (χ0v) is 15.8. The molecule has 0 aromatic heterocycles. The summed E-state index contributed by atoms with van der Waals surface area (Å²) in [6.45, 7) is 2.77. The molecule has 2 unspecified atom stereocenters. The lowest BCUT2D eigenvalue weighted by Gasteiger charge is -2.58. The second-order valence-corrected chi connectivity index (χ2v) is 9.82. The van der Waals surface area contributed by atoms with E-state index in [1.165, 1.54) is 19.3 Å². The van der Waals surface area contributed by atoms with Crippen molar-refractivity contribution >= 4 is 21.9 Å². The number of carbonyl (C=O) groups excluding carboxylic acids is 1. The van der Waals surface area contributed by atoms with Crippen LogP contribution >= 0.6 is 15.9 Å². The SMILES string of the molecule is Cc1ccccc1OCCOC(=O)C12CC3CC(CC(Br)(C3)C1)C2. The molecule has 0 radical (unpaired) electrons. The molecule has 0 N–H and O–H groups in total. The lowest BCUT2D eigenvalue weighted by Crippen LogP contribution is -2.56. The largest absolute Gasteiger partial charge is 0.490 e. The maximum Gasteiger partial charge on any atom is 0.312 e. The Balaban J connectivity index is 1.33. The Labute approximate surface area is 152 Å². The number of esters is 1. The van der Waals surface area contributed by atoms with Crippen molar-refractivity contribution in [2.45, 2.75) is 49.8 Å². The number of hydrogen-bond donors (Lipinski definition) is 0. The predicted octanol–water partition coefficient (Wildman–Crippen LogP) is 4.65. The molecular formula is C20H25BrO3. The van der Waals surface area contributed by atoms with Gasteiger partial charge in [-0.2, -0.15) is 0 Å². The number of benzene rings is 1. The molecule has 0 amide bonds. The second kappa shape index (κ2) is 6.05. The van der Waals surface area contributed by atoms with Gasteiger partial charge in [0.2, 0.25) is 0 Å². The maximum atomic E-state index is 12.8. The molecule has 4 aliphatic carbocycles. The number of para-hydroxylation sites is 1. The Bertz CT molecular complexity index is 628. The van der Waals surface area contributed by atoms with Crippen LogP contribution in [0.15, 0.2) is 24.3 Å². The van der Waals surface area contributed by atoms with Crippen LogP contribution in [0.3, 0.4) is 0 Å². The maximum absolute atomic E-state index is 12.8. The fourth-order valence-corrected chi connectivity index (χ4v) is 7.00. The second-order valence-electron chi connectivity index (χ2n) is 8.14. The quantitative estimate of drug-likeness (QED) is 0.415. The molecule has 4 heteroatoms. The Morgan fingerprint density at radius 2 is 1.88 bits per heavy atom. The Morgan fingerprint density at radius 1 is 1.17 bits per heavy atom. The van der Waals surface area contributed by atoms with Crippen molar-refractivity contribution in [2.75, 3.05) is 13.2 Å². The first kappa shape index (κ1) is 16.4. The molecule has 130 valence electrons. The smallest absolute Gasteiger partial charge is 0.312 e. The van der Waals surface area contributed by atoms with Gasteiger partial charge in [0, 0.05) is 4.32 Å². The van der Waals surface area contributed by atoms with Gasteiger partial charge in [-0.05, 0) is 68.9 Å². The van der Waals surface area contributed by atoms with Crippen LogP contribution in [0.25, 0.3) is 0 Å². The molecule has 2 atom stereocenters. The van der Waals surface area contributed by atoms with E-state index in [0.717, 1.165) is 30.6 Å². The summed E-state index contributed by atoms with van der Waals surface area (Å²) in [6.07, 6.45) is 6.76. The van der Waals surface area contributed by atoms with Crippen molar-refractivity contribution in [3.05, 3.63) is 29.8 Å². The van der Waals surface area contributed by atoms with Gasteiger partial charge in [-0.15, -0.1) is 0 Å². The minimum Gasteiger partial charge on any atom is -0.490 e. The van der Waals surface area contributed by atoms with E-state index in [4.69, 9.17) is 9.47 Å². The Hall–Kier alpha value is -1.03. The van der Waals surface area contributed by atoms with Crippen LogP contribution in [0.4, 0.5) is 0 Å². The van der Waals surface area contributed by atoms with Crippen molar-refractivity contribution in [1.29, 1.82) is 0 Å². The summed E-state index contributed by atoms with van der Waals surface area (Å²) in [5, 5.41) is 0. The summed E-state index contributed by atoms with van der Waals surface area (Å²) in [7, 11) is 0. The molecule has 0 heterocycles. The molecule has 5 rings (SSSR count). The van der Waals surface area contributed by atoms with E-state index < -0.39 is 0 Å². The number of aryl methyl sites for hydroxylation is 1. The third kappa shape index (κ3) is 2.98. The summed E-state index contributed by atoms with van der Waals surface area (Å²) in [5.41, 5.74) is 0.863. The topological polar surface area (TPSA) is 35.5 Å². The van der Waals surface area contributed by atoms with E-state index in [0.29, 0.717) is 25.0 Å². The van der Waals surface area contributed by atoms with E-state index in [1.807, 2.05) is 31.2 Å². The summed E-state index contributed by atoms with van der Waals surface area (Å²) in [4.78, 5) is 12.8. The van der Waals surface area contributed by atoms with Crippen molar-refractivity contribution in [1.82, 2.24) is 0 Å². The molecule has 4 saturated carbocycles. The van der Waals surface area contributed by atoms with Gasteiger partial charge in [-0.25, -0.2) is 0 Å². The third-order valence-corrected chi connectivity index (χ3v) is 7.02. The van der Waals surface area contributed by atoms with Crippen LogP contribution in [0.1, 0.15) is 44.1 Å². The van der Waals surface area contributed by atoms with E-state index in [2.05, 4.69) is 15.9 Å². The van der Waals surface area contributed by atoms with Gasteiger partial charge < -0.3 is 9.47 Å². The van der Waals surface area contributed by atoms with Crippen molar-refractivity contribution < 1.29 is 14.3 Å². The van der Waals surface area contributed by atoms with Crippen LogP contribution in [-0.4, -0.2) is 23.5 Å². The number of carbonyl (C=O) groups is 1. The molecule has 4 bridgehead atoms. The van der Waals surface area contributed by atoms with Crippen LogP contribution in [-0.2, 0) is 9.53 Å². The first-order valence-electron chi connectivity index (χ1n) is 9.03. The summed E-state index contributed by atoms with van der Waals surface area (Å²) < 4.78 is 11.6. The van der Waals surface area contributed by atoms with Gasteiger partial charge in [-0.3, -0.25) is 4.79 Å². The molecule has 4 aliphatic rings. The lowest BCUT2D eigenvalue weighted by atomic mass is 9.49. The fraction of sp³-hybridized carbons (Fsp3) is 0.650. The molecule has 0 spiro atoms. The molecule has 3 nitrogen and oxygen atoms in total. The zero-order chi connectivity index (χ0) is 16.8. The van der Waals surface area contributed by atoms with Crippen molar-refractivity contribution in [3.63, 3.8) is 0 Å². The monoisotopic (exact) mass is 392 g/mol. The Morgan fingerprint density at radius 3 is 2.54 bits per heavy atom. The molecule has 0 saturated heterocycles. The minimum atomic E-state index is -0.240. The van der Waals surface area contributed by atoms with Gasteiger partial charge in [0.05, 0.1) is 5.41 Å². The van der Waals surface area contributed by atoms with E-state index in [9.17, 15) is 4.79 Å². The van der Waals surface area contributed by atoms with Crippen LogP contribution in [0.2, 0.25) is 0 Å². The van der Waals surface area contributed by atoms with Gasteiger partial charge in [0.25, 0.3) is 0 Å². The zero-order valence-electron chi connectivity index (χ0n) is 14.2. The molecule has 24 heavy (non-hydrogen) atoms. The normalized spacial score (nSPS) is 36.6. The molecule has 1 aromatic rings. The fourth-order valence-electron chi connectivity index (χ4n) is 5.55. The highest BCUT2D eigenvalue weighted by Crippen LogP contribution is 2.64. The third-order valence-electron chi connectivity index (χ3n) is 6.09. The van der Waals surface area contributed by atoms with Crippen molar-refractivity contribution in [3.8, 4) is 5.75 Å². The average molecular weight is 393 g/mol. The van der Waals surface area contributed by atoms with Gasteiger partial charge in [0.1, 0.15) is 19.0 Å². The van der Waals surface area contributed by atoms with Crippen LogP contribution < -0.4 is 4.74 Å². The highest BCUT2D eigenvalue weighted by atomic mass is 79.9. The summed E-state index contributed by atoms with van der Waals surface area (Å²) >= 11 is 3.95. The van der Waals surface area contributed by atoms with Gasteiger partial charge >= 0.3 is 5.97 Å². The molecular weight excluding hydrogens is 368 g/mol. The summed E-state index contributed by atoms with van der Waals surface area (Å²) in [6, 6.07) is 7.92. The molecule has 1 aromatic carbocycles. The number of rotatable bonds is 5. The van der Waals surface area contributed by atoms with Gasteiger partial charge in [0.15, 0.2) is 0 Å². The lowest BCUT2D eigenvalue weighted by molar-refractivity contribution is -0.170. The number of halogens is 1. The first-order valence-corrected chi connectivity index (χ1v) is 9.82. The number of ether oxygens (including phenoxy) is 2. The van der Waals surface area contributed by atoms with Crippen LogP contribution in [0, 0.1) is 24.2 Å². The van der Waals surface area contributed by atoms with Crippen molar-refractivity contribution in [2.24, 2.45) is 17.3 Å². The highest BCUT2D eigenvalue weighted by Gasteiger charge is 2.60. The summed E-state index contributed by atoms with van der Waals surface area (Å²) in [5.74, 6) is 2.26. The van der Waals surface area contributed by atoms with E-state index in [-0.39, 0.29) is 15.7 Å². The standard InChI is InChI=1S/C20H25BrO3/c1-14-4-2-3-5-17(14)23-6-7-24-18(22)19-9-15-8-16(10-19)12-20(21,11-15)13-19/h2-5,15-16H,6-13H2,1H3. The number of hydrogen-bond acceptors (Lipinski definition) is 3. The minimum absolute atomic E-state index is 0.00816. The van der Waals surface area contributed by atoms with Crippen LogP contribution in [0.5, 0.6) is 5.75 Å². The first-order chi connectivity index (χ1) is 11.5. The molecule has 0 aliphatic heterocycles. The van der Waals surface area contributed by atoms with E-state index in [1.54, 1.807) is 0 Å². The number of alkyl halides is 1. The molecule has 4 fully saturated rings. The highest BCUT2D eigenvalue weighted by molar-refractivity contribution is 9.10. The Kier molecular flexibility index (Phi) is 4.14. The van der Waals surface area contributed by atoms with Gasteiger partial charge in [-0.1, -0.05) is 34.1 Å².